The van der Waals surface area contributed by atoms with Crippen LogP contribution in [0.4, 0.5) is 0 Å². The molecule has 2 aromatic rings. The highest BCUT2D eigenvalue weighted by molar-refractivity contribution is 5.82. The van der Waals surface area contributed by atoms with E-state index in [0.29, 0.717) is 0 Å². The molecule has 0 saturated heterocycles. The van der Waals surface area contributed by atoms with Crippen molar-refractivity contribution in [2.75, 3.05) is 27.7 Å². The van der Waals surface area contributed by atoms with Crippen LogP contribution in [0.15, 0.2) is 30.3 Å². The quantitative estimate of drug-likeness (QED) is 0.779. The summed E-state index contributed by atoms with van der Waals surface area (Å²) in [5.41, 5.74) is 2.21. The molecule has 0 unspecified atom stereocenters. The maximum atomic E-state index is 5.98. The summed E-state index contributed by atoms with van der Waals surface area (Å²) in [5.74, 6) is 0.732. The predicted molar refractivity (Wildman–Crippen MR) is 84.1 cm³/mol. The summed E-state index contributed by atoms with van der Waals surface area (Å²) in [7, 11) is 6.60. The van der Waals surface area contributed by atoms with Crippen LogP contribution < -0.4 is 4.74 Å². The van der Waals surface area contributed by atoms with Gasteiger partial charge in [0, 0.05) is 17.9 Å². The lowest BCUT2D eigenvalue weighted by molar-refractivity contribution is -0.870. The summed E-state index contributed by atoms with van der Waals surface area (Å²) in [6, 6.07) is 10.2. The smallest absolute Gasteiger partial charge is 0.214 e. The van der Waals surface area contributed by atoms with Crippen molar-refractivity contribution >= 4 is 10.9 Å². The first kappa shape index (κ1) is 14.8. The third-order valence-corrected chi connectivity index (χ3v) is 3.43. The van der Waals surface area contributed by atoms with E-state index in [1.165, 1.54) is 10.9 Å². The van der Waals surface area contributed by atoms with Crippen LogP contribution in [0.2, 0.25) is 0 Å². The second-order valence-electron chi connectivity index (χ2n) is 6.53. The fraction of sp³-hybridized carbons (Fsp3) is 0.471. The Kier molecular flexibility index (Phi) is 4.29. The standard InChI is InChI=1S/C17H25N2O/c1-13-12-17(18-16-9-7-6-8-15(13)16)20-14(2)10-11-19(3,4)5/h6-9,12,14H,10-11H2,1-5H3/q+1/t14-/m1/s1. The molecule has 0 bridgehead atoms. The highest BCUT2D eigenvalue weighted by Gasteiger charge is 2.13. The number of aryl methyl sites for hydroxylation is 1. The average Bonchev–Trinajstić information content (AvgIpc) is 2.36. The van der Waals surface area contributed by atoms with Crippen LogP contribution in [-0.2, 0) is 0 Å². The zero-order chi connectivity index (χ0) is 14.8. The van der Waals surface area contributed by atoms with Crippen molar-refractivity contribution in [1.29, 1.82) is 0 Å². The van der Waals surface area contributed by atoms with Crippen molar-refractivity contribution in [3.8, 4) is 5.88 Å². The van der Waals surface area contributed by atoms with E-state index in [2.05, 4.69) is 46.0 Å². The number of quaternary nitrogens is 1. The maximum Gasteiger partial charge on any atom is 0.214 e. The normalized spacial score (nSPS) is 13.4. The van der Waals surface area contributed by atoms with Gasteiger partial charge in [-0.25, -0.2) is 4.98 Å². The molecule has 108 valence electrons. The molecule has 2 rings (SSSR count). The minimum absolute atomic E-state index is 0.181. The van der Waals surface area contributed by atoms with Gasteiger partial charge < -0.3 is 9.22 Å². The molecular weight excluding hydrogens is 248 g/mol. The molecule has 0 aliphatic heterocycles. The summed E-state index contributed by atoms with van der Waals surface area (Å²) in [6.07, 6.45) is 1.21. The van der Waals surface area contributed by atoms with E-state index >= 15 is 0 Å². The zero-order valence-corrected chi connectivity index (χ0v) is 13.2. The summed E-state index contributed by atoms with van der Waals surface area (Å²) in [5, 5.41) is 1.19. The van der Waals surface area contributed by atoms with Crippen molar-refractivity contribution in [2.45, 2.75) is 26.4 Å². The SMILES string of the molecule is Cc1cc(O[C@H](C)CC[N+](C)(C)C)nc2ccccc12. The Balaban J connectivity index is 2.10. The number of rotatable bonds is 5. The Morgan fingerprint density at radius 2 is 1.90 bits per heavy atom. The fourth-order valence-corrected chi connectivity index (χ4v) is 2.21. The molecule has 0 saturated carbocycles. The van der Waals surface area contributed by atoms with Gasteiger partial charge in [-0.1, -0.05) is 18.2 Å². The van der Waals surface area contributed by atoms with E-state index in [-0.39, 0.29) is 6.10 Å². The van der Waals surface area contributed by atoms with E-state index in [0.717, 1.165) is 28.8 Å². The number of benzene rings is 1. The van der Waals surface area contributed by atoms with E-state index < -0.39 is 0 Å². The Morgan fingerprint density at radius 1 is 1.20 bits per heavy atom. The van der Waals surface area contributed by atoms with E-state index in [1.54, 1.807) is 0 Å². The molecular formula is C17H25N2O+. The second-order valence-corrected chi connectivity index (χ2v) is 6.53. The van der Waals surface area contributed by atoms with Gasteiger partial charge in [0.2, 0.25) is 5.88 Å². The number of hydrogen-bond donors (Lipinski definition) is 0. The Morgan fingerprint density at radius 3 is 2.60 bits per heavy atom. The van der Waals surface area contributed by atoms with Crippen LogP contribution in [0.5, 0.6) is 5.88 Å². The summed E-state index contributed by atoms with van der Waals surface area (Å²) in [4.78, 5) is 4.59. The average molecular weight is 273 g/mol. The van der Waals surface area contributed by atoms with E-state index in [1.807, 2.05) is 24.3 Å². The lowest BCUT2D eigenvalue weighted by Crippen LogP contribution is -2.37. The molecule has 0 aliphatic carbocycles. The summed E-state index contributed by atoms with van der Waals surface area (Å²) in [6.45, 7) is 5.31. The maximum absolute atomic E-state index is 5.98. The molecule has 3 nitrogen and oxygen atoms in total. The van der Waals surface area contributed by atoms with Crippen LogP contribution in [0.3, 0.4) is 0 Å². The van der Waals surface area contributed by atoms with Crippen LogP contribution in [0.1, 0.15) is 18.9 Å². The molecule has 1 aromatic heterocycles. The molecule has 0 radical (unpaired) electrons. The number of hydrogen-bond acceptors (Lipinski definition) is 2. The number of ether oxygens (including phenoxy) is 1. The van der Waals surface area contributed by atoms with Gasteiger partial charge in [-0.05, 0) is 25.5 Å². The van der Waals surface area contributed by atoms with Gasteiger partial charge in [0.1, 0.15) is 6.10 Å². The van der Waals surface area contributed by atoms with Gasteiger partial charge in [0.05, 0.1) is 33.2 Å². The van der Waals surface area contributed by atoms with E-state index in [4.69, 9.17) is 4.74 Å². The van der Waals surface area contributed by atoms with Gasteiger partial charge in [0.15, 0.2) is 0 Å². The predicted octanol–water partition coefficient (Wildman–Crippen LogP) is 3.41. The van der Waals surface area contributed by atoms with Crippen molar-refractivity contribution in [2.24, 2.45) is 0 Å². The summed E-state index contributed by atoms with van der Waals surface area (Å²) >= 11 is 0. The monoisotopic (exact) mass is 273 g/mol. The Labute approximate surface area is 121 Å². The summed E-state index contributed by atoms with van der Waals surface area (Å²) < 4.78 is 6.93. The number of para-hydroxylation sites is 1. The van der Waals surface area contributed by atoms with Gasteiger partial charge in [-0.3, -0.25) is 0 Å². The first-order valence-corrected chi connectivity index (χ1v) is 7.19. The highest BCUT2D eigenvalue weighted by atomic mass is 16.5. The third-order valence-electron chi connectivity index (χ3n) is 3.43. The highest BCUT2D eigenvalue weighted by Crippen LogP contribution is 2.22. The molecule has 0 spiro atoms. The molecule has 0 N–H and O–H groups in total. The molecule has 0 aliphatic rings. The van der Waals surface area contributed by atoms with Crippen molar-refractivity contribution in [3.63, 3.8) is 0 Å². The molecule has 1 aromatic carbocycles. The number of fused-ring (bicyclic) bond motifs is 1. The first-order valence-electron chi connectivity index (χ1n) is 7.19. The Hall–Kier alpha value is -1.61. The van der Waals surface area contributed by atoms with Crippen molar-refractivity contribution in [3.05, 3.63) is 35.9 Å². The van der Waals surface area contributed by atoms with Crippen LogP contribution in [0.25, 0.3) is 10.9 Å². The molecule has 3 heteroatoms. The Bertz CT molecular complexity index is 587. The lowest BCUT2D eigenvalue weighted by Gasteiger charge is -2.25. The number of pyridine rings is 1. The first-order chi connectivity index (χ1) is 9.35. The number of aromatic nitrogens is 1. The third kappa shape index (κ3) is 3.94. The minimum Gasteiger partial charge on any atom is -0.474 e. The van der Waals surface area contributed by atoms with Crippen LogP contribution >= 0.6 is 0 Å². The van der Waals surface area contributed by atoms with Crippen LogP contribution in [0, 0.1) is 6.92 Å². The fourth-order valence-electron chi connectivity index (χ4n) is 2.21. The van der Waals surface area contributed by atoms with Gasteiger partial charge in [-0.2, -0.15) is 0 Å². The largest absolute Gasteiger partial charge is 0.474 e. The van der Waals surface area contributed by atoms with Gasteiger partial charge in [-0.15, -0.1) is 0 Å². The molecule has 0 fully saturated rings. The van der Waals surface area contributed by atoms with Gasteiger partial charge >= 0.3 is 0 Å². The number of nitrogens with zero attached hydrogens (tertiary/aromatic N) is 2. The van der Waals surface area contributed by atoms with Crippen molar-refractivity contribution in [1.82, 2.24) is 4.98 Å². The van der Waals surface area contributed by atoms with Crippen molar-refractivity contribution < 1.29 is 9.22 Å². The topological polar surface area (TPSA) is 22.1 Å². The van der Waals surface area contributed by atoms with Gasteiger partial charge in [0.25, 0.3) is 0 Å². The lowest BCUT2D eigenvalue weighted by atomic mass is 10.1. The zero-order valence-electron chi connectivity index (χ0n) is 13.2. The molecule has 0 amide bonds. The van der Waals surface area contributed by atoms with Crippen LogP contribution in [-0.4, -0.2) is 43.3 Å². The molecule has 1 heterocycles. The second kappa shape index (κ2) is 5.80. The minimum atomic E-state index is 0.181. The molecule has 1 atom stereocenters. The van der Waals surface area contributed by atoms with E-state index in [9.17, 15) is 0 Å². The molecule has 20 heavy (non-hydrogen) atoms.